The van der Waals surface area contributed by atoms with E-state index in [1.807, 2.05) is 13.8 Å². The fourth-order valence-corrected chi connectivity index (χ4v) is 1.33. The quantitative estimate of drug-likeness (QED) is 0.835. The molecule has 0 aliphatic rings. The van der Waals surface area contributed by atoms with Crippen molar-refractivity contribution >= 4 is 6.03 Å². The summed E-state index contributed by atoms with van der Waals surface area (Å²) in [5, 5.41) is 5.30. The fraction of sp³-hybridized carbons (Fsp3) is 0.417. The van der Waals surface area contributed by atoms with Crippen molar-refractivity contribution in [1.29, 1.82) is 0 Å². The molecule has 0 bridgehead atoms. The maximum Gasteiger partial charge on any atom is 0.314 e. The molecule has 0 saturated carbocycles. The summed E-state index contributed by atoms with van der Waals surface area (Å²) in [4.78, 5) is 11.2. The van der Waals surface area contributed by atoms with Gasteiger partial charge < -0.3 is 10.6 Å². The number of amides is 2. The third kappa shape index (κ3) is 4.80. The van der Waals surface area contributed by atoms with E-state index in [0.717, 1.165) is 12.1 Å². The molecule has 2 amide bonds. The minimum absolute atomic E-state index is 0.0678. The Kier molecular flexibility index (Phi) is 4.87. The van der Waals surface area contributed by atoms with E-state index < -0.39 is 11.6 Å². The minimum atomic E-state index is -0.867. The van der Waals surface area contributed by atoms with E-state index in [0.29, 0.717) is 18.5 Å². The molecule has 0 radical (unpaired) electrons. The maximum atomic E-state index is 12.9. The number of urea groups is 1. The number of rotatable bonds is 4. The standard InChI is InChI=1S/C12H16F2N2O/c1-8(2)16-12(17)15-6-5-9-3-4-10(13)11(14)7-9/h3-4,7-8H,5-6H2,1-2H3,(H2,15,16,17). The van der Waals surface area contributed by atoms with E-state index in [-0.39, 0.29) is 12.1 Å². The largest absolute Gasteiger partial charge is 0.338 e. The highest BCUT2D eigenvalue weighted by atomic mass is 19.2. The van der Waals surface area contributed by atoms with Gasteiger partial charge in [-0.2, -0.15) is 0 Å². The van der Waals surface area contributed by atoms with Gasteiger partial charge in [-0.15, -0.1) is 0 Å². The molecule has 0 atom stereocenters. The number of nitrogens with one attached hydrogen (secondary N) is 2. The molecule has 17 heavy (non-hydrogen) atoms. The summed E-state index contributed by atoms with van der Waals surface area (Å²) in [6, 6.07) is 3.53. The van der Waals surface area contributed by atoms with Crippen LogP contribution in [0.15, 0.2) is 18.2 Å². The van der Waals surface area contributed by atoms with Gasteiger partial charge >= 0.3 is 6.03 Å². The van der Waals surface area contributed by atoms with E-state index in [1.54, 1.807) is 0 Å². The lowest BCUT2D eigenvalue weighted by Crippen LogP contribution is -2.40. The van der Waals surface area contributed by atoms with Gasteiger partial charge in [0.2, 0.25) is 0 Å². The lowest BCUT2D eigenvalue weighted by Gasteiger charge is -2.10. The zero-order valence-electron chi connectivity index (χ0n) is 9.89. The Morgan fingerprint density at radius 3 is 2.59 bits per heavy atom. The number of hydrogen-bond donors (Lipinski definition) is 2. The molecule has 1 aromatic carbocycles. The first-order valence-corrected chi connectivity index (χ1v) is 5.47. The minimum Gasteiger partial charge on any atom is -0.338 e. The summed E-state index contributed by atoms with van der Waals surface area (Å²) < 4.78 is 25.5. The van der Waals surface area contributed by atoms with E-state index in [2.05, 4.69) is 10.6 Å². The monoisotopic (exact) mass is 242 g/mol. The highest BCUT2D eigenvalue weighted by Crippen LogP contribution is 2.08. The second-order valence-electron chi connectivity index (χ2n) is 4.05. The van der Waals surface area contributed by atoms with Crippen molar-refractivity contribution in [1.82, 2.24) is 10.6 Å². The van der Waals surface area contributed by atoms with Crippen LogP contribution >= 0.6 is 0 Å². The number of hydrogen-bond acceptors (Lipinski definition) is 1. The smallest absolute Gasteiger partial charge is 0.314 e. The van der Waals surface area contributed by atoms with Gasteiger partial charge in [-0.05, 0) is 38.0 Å². The van der Waals surface area contributed by atoms with E-state index in [1.165, 1.54) is 6.07 Å². The Morgan fingerprint density at radius 2 is 2.00 bits per heavy atom. The second-order valence-corrected chi connectivity index (χ2v) is 4.05. The van der Waals surface area contributed by atoms with Gasteiger partial charge in [0.1, 0.15) is 0 Å². The topological polar surface area (TPSA) is 41.1 Å². The molecular weight excluding hydrogens is 226 g/mol. The highest BCUT2D eigenvalue weighted by molar-refractivity contribution is 5.74. The van der Waals surface area contributed by atoms with Crippen molar-refractivity contribution in [3.05, 3.63) is 35.4 Å². The summed E-state index contributed by atoms with van der Waals surface area (Å²) >= 11 is 0. The Hall–Kier alpha value is -1.65. The number of benzene rings is 1. The molecule has 0 spiro atoms. The second kappa shape index (κ2) is 6.18. The average Bonchev–Trinajstić information content (AvgIpc) is 2.22. The molecule has 3 nitrogen and oxygen atoms in total. The van der Waals surface area contributed by atoms with Gasteiger partial charge in [0.15, 0.2) is 11.6 Å². The molecule has 0 heterocycles. The van der Waals surface area contributed by atoms with E-state index in [4.69, 9.17) is 0 Å². The molecule has 0 aliphatic carbocycles. The number of carbonyl (C=O) groups is 1. The van der Waals surface area contributed by atoms with Crippen LogP contribution in [-0.4, -0.2) is 18.6 Å². The van der Waals surface area contributed by atoms with Gasteiger partial charge in [-0.3, -0.25) is 0 Å². The van der Waals surface area contributed by atoms with Crippen LogP contribution in [0.25, 0.3) is 0 Å². The molecule has 0 unspecified atom stereocenters. The third-order valence-electron chi connectivity index (χ3n) is 2.10. The van der Waals surface area contributed by atoms with Crippen molar-refractivity contribution in [2.24, 2.45) is 0 Å². The summed E-state index contributed by atoms with van der Waals surface area (Å²) in [6.45, 7) is 4.09. The lowest BCUT2D eigenvalue weighted by molar-refractivity contribution is 0.238. The molecule has 5 heteroatoms. The first-order valence-electron chi connectivity index (χ1n) is 5.47. The van der Waals surface area contributed by atoms with E-state index >= 15 is 0 Å². The fourth-order valence-electron chi connectivity index (χ4n) is 1.33. The van der Waals surface area contributed by atoms with Crippen molar-refractivity contribution in [3.63, 3.8) is 0 Å². The van der Waals surface area contributed by atoms with Crippen LogP contribution in [0, 0.1) is 11.6 Å². The van der Waals surface area contributed by atoms with Crippen molar-refractivity contribution in [2.75, 3.05) is 6.54 Å². The van der Waals surface area contributed by atoms with Crippen LogP contribution in [0.1, 0.15) is 19.4 Å². The normalized spacial score (nSPS) is 10.4. The van der Waals surface area contributed by atoms with Gasteiger partial charge in [-0.25, -0.2) is 13.6 Å². The third-order valence-corrected chi connectivity index (χ3v) is 2.10. The Labute approximate surface area is 99.2 Å². The van der Waals surface area contributed by atoms with Crippen LogP contribution in [0.4, 0.5) is 13.6 Å². The molecule has 0 aliphatic heterocycles. The molecule has 0 aromatic heterocycles. The molecule has 0 saturated heterocycles. The zero-order chi connectivity index (χ0) is 12.8. The van der Waals surface area contributed by atoms with Crippen molar-refractivity contribution in [2.45, 2.75) is 26.3 Å². The predicted molar refractivity (Wildman–Crippen MR) is 61.7 cm³/mol. The summed E-state index contributed by atoms with van der Waals surface area (Å²) in [6.07, 6.45) is 0.461. The van der Waals surface area contributed by atoms with Gasteiger partial charge in [0.25, 0.3) is 0 Å². The van der Waals surface area contributed by atoms with Crippen molar-refractivity contribution in [3.8, 4) is 0 Å². The van der Waals surface area contributed by atoms with Crippen molar-refractivity contribution < 1.29 is 13.6 Å². The summed E-state index contributed by atoms with van der Waals surface area (Å²) in [7, 11) is 0. The zero-order valence-corrected chi connectivity index (χ0v) is 9.89. The first kappa shape index (κ1) is 13.4. The molecule has 0 fully saturated rings. The molecule has 1 aromatic rings. The SMILES string of the molecule is CC(C)NC(=O)NCCc1ccc(F)c(F)c1. The van der Waals surface area contributed by atoms with Crippen LogP contribution in [-0.2, 0) is 6.42 Å². The van der Waals surface area contributed by atoms with Crippen LogP contribution in [0.5, 0.6) is 0 Å². The Morgan fingerprint density at radius 1 is 1.29 bits per heavy atom. The van der Waals surface area contributed by atoms with Crippen LogP contribution in [0.2, 0.25) is 0 Å². The predicted octanol–water partition coefficient (Wildman–Crippen LogP) is 2.21. The van der Waals surface area contributed by atoms with Gasteiger partial charge in [-0.1, -0.05) is 6.07 Å². The summed E-state index contributed by atoms with van der Waals surface area (Å²) in [5.41, 5.74) is 0.647. The molecular formula is C12H16F2N2O. The number of carbonyl (C=O) groups excluding carboxylic acids is 1. The average molecular weight is 242 g/mol. The molecule has 2 N–H and O–H groups in total. The van der Waals surface area contributed by atoms with Gasteiger partial charge in [0, 0.05) is 12.6 Å². The molecule has 1 rings (SSSR count). The maximum absolute atomic E-state index is 12.9. The van der Waals surface area contributed by atoms with Crippen LogP contribution < -0.4 is 10.6 Å². The van der Waals surface area contributed by atoms with E-state index in [9.17, 15) is 13.6 Å². The Bertz CT molecular complexity index is 394. The van der Waals surface area contributed by atoms with Crippen LogP contribution in [0.3, 0.4) is 0 Å². The molecule has 94 valence electrons. The van der Waals surface area contributed by atoms with Gasteiger partial charge in [0.05, 0.1) is 0 Å². The summed E-state index contributed by atoms with van der Waals surface area (Å²) in [5.74, 6) is -1.73. The first-order chi connectivity index (χ1) is 7.99. The number of halogens is 2. The highest BCUT2D eigenvalue weighted by Gasteiger charge is 2.04. The Balaban J connectivity index is 2.36. The lowest BCUT2D eigenvalue weighted by atomic mass is 10.1.